The van der Waals surface area contributed by atoms with E-state index in [0.29, 0.717) is 12.8 Å². The van der Waals surface area contributed by atoms with E-state index >= 15 is 0 Å². The number of nitrogens with two attached hydrogens (primary N) is 1. The third-order valence-electron chi connectivity index (χ3n) is 5.28. The summed E-state index contributed by atoms with van der Waals surface area (Å²) in [6, 6.07) is 22.2. The van der Waals surface area contributed by atoms with Crippen LogP contribution < -0.4 is 11.1 Å². The SMILES string of the molecule is CCCC[C@@H](NC(=O)[C@H](N)Cc1ccc2ccccc2c1)C(=O)OCc1ccccc1. The second-order valence-corrected chi connectivity index (χ2v) is 7.79. The third kappa shape index (κ3) is 6.66. The zero-order valence-corrected chi connectivity index (χ0v) is 17.9. The van der Waals surface area contributed by atoms with E-state index in [1.165, 1.54) is 0 Å². The Morgan fingerprint density at radius 3 is 2.39 bits per heavy atom. The molecule has 0 spiro atoms. The molecule has 3 aromatic carbocycles. The van der Waals surface area contributed by atoms with E-state index in [0.717, 1.165) is 34.7 Å². The highest BCUT2D eigenvalue weighted by Gasteiger charge is 2.25. The fourth-order valence-electron chi connectivity index (χ4n) is 3.48. The van der Waals surface area contributed by atoms with Gasteiger partial charge < -0.3 is 15.8 Å². The predicted molar refractivity (Wildman–Crippen MR) is 123 cm³/mol. The van der Waals surface area contributed by atoms with Gasteiger partial charge in [0, 0.05) is 0 Å². The molecule has 3 N–H and O–H groups in total. The van der Waals surface area contributed by atoms with Crippen molar-refractivity contribution in [1.29, 1.82) is 0 Å². The number of hydrogen-bond acceptors (Lipinski definition) is 4. The summed E-state index contributed by atoms with van der Waals surface area (Å²) in [5.41, 5.74) is 8.06. The molecule has 0 saturated carbocycles. The van der Waals surface area contributed by atoms with Crippen LogP contribution in [0.5, 0.6) is 0 Å². The van der Waals surface area contributed by atoms with Crippen molar-refractivity contribution in [2.24, 2.45) is 5.73 Å². The molecule has 0 aliphatic carbocycles. The number of unbranched alkanes of at least 4 members (excludes halogenated alkanes) is 1. The van der Waals surface area contributed by atoms with Crippen LogP contribution in [0.15, 0.2) is 72.8 Å². The quantitative estimate of drug-likeness (QED) is 0.485. The summed E-state index contributed by atoms with van der Waals surface area (Å²) in [5, 5.41) is 5.06. The first-order valence-electron chi connectivity index (χ1n) is 10.8. The second kappa shape index (κ2) is 11.3. The minimum atomic E-state index is -0.743. The third-order valence-corrected chi connectivity index (χ3v) is 5.28. The minimum absolute atomic E-state index is 0.182. The van der Waals surface area contributed by atoms with Gasteiger partial charge in [-0.3, -0.25) is 4.79 Å². The number of carbonyl (C=O) groups is 2. The van der Waals surface area contributed by atoms with E-state index < -0.39 is 18.1 Å². The number of hydrogen-bond donors (Lipinski definition) is 2. The molecule has 0 aliphatic rings. The van der Waals surface area contributed by atoms with Gasteiger partial charge in [-0.15, -0.1) is 0 Å². The van der Waals surface area contributed by atoms with Gasteiger partial charge in [0.15, 0.2) is 0 Å². The van der Waals surface area contributed by atoms with Gasteiger partial charge in [-0.1, -0.05) is 92.6 Å². The molecule has 0 radical (unpaired) electrons. The van der Waals surface area contributed by atoms with E-state index in [1.807, 2.05) is 79.7 Å². The van der Waals surface area contributed by atoms with Crippen LogP contribution in [0, 0.1) is 0 Å². The zero-order chi connectivity index (χ0) is 22.1. The second-order valence-electron chi connectivity index (χ2n) is 7.79. The molecule has 0 heterocycles. The monoisotopic (exact) mass is 418 g/mol. The highest BCUT2D eigenvalue weighted by molar-refractivity contribution is 5.88. The maximum absolute atomic E-state index is 12.7. The fourth-order valence-corrected chi connectivity index (χ4v) is 3.48. The summed E-state index contributed by atoms with van der Waals surface area (Å²) >= 11 is 0. The number of fused-ring (bicyclic) bond motifs is 1. The van der Waals surface area contributed by atoms with E-state index in [9.17, 15) is 9.59 Å². The molecule has 1 amide bonds. The summed E-state index contributed by atoms with van der Waals surface area (Å²) in [6.07, 6.45) is 2.65. The number of ether oxygens (including phenoxy) is 1. The maximum Gasteiger partial charge on any atom is 0.328 e. The summed E-state index contributed by atoms with van der Waals surface area (Å²) in [4.78, 5) is 25.3. The molecule has 0 aliphatic heterocycles. The van der Waals surface area contributed by atoms with Gasteiger partial charge in [0.2, 0.25) is 5.91 Å². The number of amides is 1. The highest BCUT2D eigenvalue weighted by atomic mass is 16.5. The Morgan fingerprint density at radius 1 is 0.935 bits per heavy atom. The lowest BCUT2D eigenvalue weighted by molar-refractivity contribution is -0.149. The molecule has 31 heavy (non-hydrogen) atoms. The minimum Gasteiger partial charge on any atom is -0.459 e. The first-order chi connectivity index (χ1) is 15.1. The summed E-state index contributed by atoms with van der Waals surface area (Å²) in [5.74, 6) is -0.769. The molecule has 0 fully saturated rings. The van der Waals surface area contributed by atoms with Crippen LogP contribution >= 0.6 is 0 Å². The molecule has 0 aromatic heterocycles. The van der Waals surface area contributed by atoms with Gasteiger partial charge in [-0.2, -0.15) is 0 Å². The normalized spacial score (nSPS) is 12.8. The Morgan fingerprint density at radius 2 is 1.65 bits per heavy atom. The molecule has 3 rings (SSSR count). The maximum atomic E-state index is 12.7. The number of nitrogens with one attached hydrogen (secondary N) is 1. The molecule has 0 unspecified atom stereocenters. The molecule has 5 heteroatoms. The van der Waals surface area contributed by atoms with Crippen molar-refractivity contribution in [1.82, 2.24) is 5.32 Å². The molecular formula is C26H30N2O3. The Labute approximate surface area is 183 Å². The van der Waals surface area contributed by atoms with Gasteiger partial charge in [-0.05, 0) is 34.7 Å². The number of rotatable bonds is 10. The van der Waals surface area contributed by atoms with E-state index in [4.69, 9.17) is 10.5 Å². The average Bonchev–Trinajstić information content (AvgIpc) is 2.80. The molecule has 3 aromatic rings. The first-order valence-corrected chi connectivity index (χ1v) is 10.8. The van der Waals surface area contributed by atoms with Crippen molar-refractivity contribution in [3.8, 4) is 0 Å². The van der Waals surface area contributed by atoms with Crippen LogP contribution in [0.2, 0.25) is 0 Å². The highest BCUT2D eigenvalue weighted by Crippen LogP contribution is 2.16. The van der Waals surface area contributed by atoms with Crippen molar-refractivity contribution >= 4 is 22.6 Å². The number of carbonyl (C=O) groups excluding carboxylic acids is 2. The standard InChI is InChI=1S/C26H30N2O3/c1-2-3-13-24(26(30)31-18-19-9-5-4-6-10-19)28-25(29)23(27)17-20-14-15-21-11-7-8-12-22(21)16-20/h4-12,14-16,23-24H,2-3,13,17-18,27H2,1H3,(H,28,29)/t23-,24-/m1/s1. The van der Waals surface area contributed by atoms with Crippen LogP contribution in [0.1, 0.15) is 37.3 Å². The van der Waals surface area contributed by atoms with Crippen LogP contribution in [-0.4, -0.2) is 24.0 Å². The fraction of sp³-hybridized carbons (Fsp3) is 0.308. The topological polar surface area (TPSA) is 81.4 Å². The van der Waals surface area contributed by atoms with Gasteiger partial charge >= 0.3 is 5.97 Å². The zero-order valence-electron chi connectivity index (χ0n) is 17.9. The van der Waals surface area contributed by atoms with E-state index in [2.05, 4.69) is 5.32 Å². The van der Waals surface area contributed by atoms with Gasteiger partial charge in [-0.25, -0.2) is 4.79 Å². The Hall–Kier alpha value is -3.18. The molecule has 0 bridgehead atoms. The van der Waals surface area contributed by atoms with E-state index in [-0.39, 0.29) is 12.5 Å². The first kappa shape index (κ1) is 22.5. The summed E-state index contributed by atoms with van der Waals surface area (Å²) < 4.78 is 5.44. The van der Waals surface area contributed by atoms with Crippen molar-refractivity contribution in [2.75, 3.05) is 0 Å². The Balaban J connectivity index is 1.59. The summed E-state index contributed by atoms with van der Waals surface area (Å²) in [7, 11) is 0. The van der Waals surface area contributed by atoms with Gasteiger partial charge in [0.25, 0.3) is 0 Å². The lowest BCUT2D eigenvalue weighted by atomic mass is 10.0. The number of benzene rings is 3. The molecular weight excluding hydrogens is 388 g/mol. The predicted octanol–water partition coefficient (Wildman–Crippen LogP) is 4.13. The van der Waals surface area contributed by atoms with E-state index in [1.54, 1.807) is 0 Å². The van der Waals surface area contributed by atoms with Crippen LogP contribution in [0.4, 0.5) is 0 Å². The van der Waals surface area contributed by atoms with Crippen LogP contribution in [0.25, 0.3) is 10.8 Å². The smallest absolute Gasteiger partial charge is 0.328 e. The van der Waals surface area contributed by atoms with Crippen LogP contribution in [-0.2, 0) is 27.4 Å². The lowest BCUT2D eigenvalue weighted by Gasteiger charge is -2.20. The van der Waals surface area contributed by atoms with Crippen molar-refractivity contribution in [3.63, 3.8) is 0 Å². The van der Waals surface area contributed by atoms with Crippen LogP contribution in [0.3, 0.4) is 0 Å². The Kier molecular flexibility index (Phi) is 8.19. The molecule has 0 saturated heterocycles. The van der Waals surface area contributed by atoms with Crippen molar-refractivity contribution in [2.45, 2.75) is 51.3 Å². The average molecular weight is 419 g/mol. The lowest BCUT2D eigenvalue weighted by Crippen LogP contribution is -2.49. The van der Waals surface area contributed by atoms with Gasteiger partial charge in [0.1, 0.15) is 12.6 Å². The Bertz CT molecular complexity index is 1000. The summed E-state index contributed by atoms with van der Waals surface area (Å²) in [6.45, 7) is 2.22. The molecule has 162 valence electrons. The molecule has 2 atom stereocenters. The van der Waals surface area contributed by atoms with Crippen molar-refractivity contribution in [3.05, 3.63) is 83.9 Å². The molecule has 5 nitrogen and oxygen atoms in total. The number of esters is 1. The van der Waals surface area contributed by atoms with Gasteiger partial charge in [0.05, 0.1) is 6.04 Å². The van der Waals surface area contributed by atoms with Crippen molar-refractivity contribution < 1.29 is 14.3 Å². The largest absolute Gasteiger partial charge is 0.459 e.